The van der Waals surface area contributed by atoms with Gasteiger partial charge in [0, 0.05) is 44.2 Å². The minimum atomic E-state index is -3.21. The number of piperazine rings is 1. The van der Waals surface area contributed by atoms with Crippen LogP contribution in [0.25, 0.3) is 0 Å². The smallest absolute Gasteiger partial charge is 0.270 e. The summed E-state index contributed by atoms with van der Waals surface area (Å²) in [5.41, 5.74) is 1.99. The number of sulfone groups is 1. The molecule has 2 heterocycles. The van der Waals surface area contributed by atoms with Crippen molar-refractivity contribution in [1.82, 2.24) is 10.3 Å². The molecule has 2 N–H and O–H groups in total. The average Bonchev–Trinajstić information content (AvgIpc) is 2.85. The van der Waals surface area contributed by atoms with Crippen LogP contribution in [0.3, 0.4) is 0 Å². The lowest BCUT2D eigenvalue weighted by molar-refractivity contribution is -0.136. The fourth-order valence-corrected chi connectivity index (χ4v) is 8.12. The van der Waals surface area contributed by atoms with Gasteiger partial charge >= 0.3 is 0 Å². The second-order valence-corrected chi connectivity index (χ2v) is 13.8. The van der Waals surface area contributed by atoms with E-state index in [-0.39, 0.29) is 11.9 Å². The van der Waals surface area contributed by atoms with Crippen molar-refractivity contribution in [2.75, 3.05) is 42.2 Å². The highest BCUT2D eigenvalue weighted by Crippen LogP contribution is 2.55. The van der Waals surface area contributed by atoms with E-state index >= 15 is 0 Å². The Morgan fingerprint density at radius 1 is 0.973 bits per heavy atom. The van der Waals surface area contributed by atoms with Gasteiger partial charge in [0.2, 0.25) is 0 Å². The molecule has 5 fully saturated rings. The largest absolute Gasteiger partial charge is 0.390 e. The summed E-state index contributed by atoms with van der Waals surface area (Å²) in [5.74, 6) is 2.07. The Kier molecular flexibility index (Phi) is 5.99. The van der Waals surface area contributed by atoms with Gasteiger partial charge < -0.3 is 20.2 Å². The van der Waals surface area contributed by atoms with Crippen molar-refractivity contribution in [3.8, 4) is 0 Å². The number of anilines is 2. The molecule has 8 nitrogen and oxygen atoms in total. The molecule has 1 saturated heterocycles. The quantitative estimate of drug-likeness (QED) is 0.620. The second-order valence-electron chi connectivity index (χ2n) is 11.8. The molecule has 1 aromatic carbocycles. The van der Waals surface area contributed by atoms with Crippen LogP contribution in [0.1, 0.15) is 48.2 Å². The predicted octanol–water partition coefficient (Wildman–Crippen LogP) is 2.79. The molecular weight excluding hydrogens is 488 g/mol. The zero-order chi connectivity index (χ0) is 25.9. The third kappa shape index (κ3) is 4.72. The number of nitrogens with zero attached hydrogens (tertiary/aromatic N) is 3. The van der Waals surface area contributed by atoms with Crippen LogP contribution in [0.5, 0.6) is 0 Å². The lowest BCUT2D eigenvalue weighted by Crippen LogP contribution is -2.61. The number of pyridine rings is 1. The number of rotatable bonds is 5. The summed E-state index contributed by atoms with van der Waals surface area (Å²) in [5, 5.41) is 14.2. The first-order chi connectivity index (χ1) is 17.6. The van der Waals surface area contributed by atoms with Crippen LogP contribution < -0.4 is 15.1 Å². The van der Waals surface area contributed by atoms with Crippen molar-refractivity contribution in [2.45, 2.75) is 55.6 Å². The molecule has 1 aliphatic heterocycles. The van der Waals surface area contributed by atoms with E-state index in [1.165, 1.54) is 6.26 Å². The van der Waals surface area contributed by atoms with Crippen LogP contribution in [0.15, 0.2) is 41.3 Å². The monoisotopic (exact) mass is 524 g/mol. The molecule has 7 rings (SSSR count). The van der Waals surface area contributed by atoms with Crippen molar-refractivity contribution in [2.24, 2.45) is 17.8 Å². The topological polar surface area (TPSA) is 103 Å². The standard InChI is InChI=1S/C28H36N4O4S/c1-18-3-8-24(27(33)30-25-20-13-19-14-21(25)17-28(34,15-19)16-20)29-26(18)32-11-9-31(10-12-32)22-4-6-23(7-5-22)37(2,35)36/h3-8,19-21,25,34H,9-17H2,1-2H3,(H,30,33). The maximum atomic E-state index is 13.3. The van der Waals surface area contributed by atoms with E-state index in [2.05, 4.69) is 15.1 Å². The van der Waals surface area contributed by atoms with Gasteiger partial charge in [-0.15, -0.1) is 0 Å². The van der Waals surface area contributed by atoms with Gasteiger partial charge in [0.05, 0.1) is 10.5 Å². The van der Waals surface area contributed by atoms with E-state index in [4.69, 9.17) is 4.98 Å². The van der Waals surface area contributed by atoms with E-state index in [1.807, 2.05) is 31.2 Å². The van der Waals surface area contributed by atoms with Crippen molar-refractivity contribution in [3.63, 3.8) is 0 Å². The highest BCUT2D eigenvalue weighted by atomic mass is 32.2. The first kappa shape index (κ1) is 24.7. The van der Waals surface area contributed by atoms with Gasteiger partial charge in [-0.25, -0.2) is 13.4 Å². The number of aliphatic hydroxyl groups is 1. The van der Waals surface area contributed by atoms with Crippen molar-refractivity contribution < 1.29 is 18.3 Å². The van der Waals surface area contributed by atoms with Crippen LogP contribution in [-0.2, 0) is 9.84 Å². The third-order valence-electron chi connectivity index (χ3n) is 9.05. The third-order valence-corrected chi connectivity index (χ3v) is 10.2. The Morgan fingerprint density at radius 3 is 2.19 bits per heavy atom. The van der Waals surface area contributed by atoms with E-state index in [0.29, 0.717) is 28.3 Å². The zero-order valence-electron chi connectivity index (χ0n) is 21.6. The summed E-state index contributed by atoms with van der Waals surface area (Å²) in [6, 6.07) is 11.0. The fraction of sp³-hybridized carbons (Fsp3) is 0.571. The number of aromatic nitrogens is 1. The number of nitrogens with one attached hydrogen (secondary N) is 1. The molecule has 4 bridgehead atoms. The number of amides is 1. The average molecular weight is 525 g/mol. The summed E-state index contributed by atoms with van der Waals surface area (Å²) < 4.78 is 23.5. The van der Waals surface area contributed by atoms with Crippen molar-refractivity contribution >= 4 is 27.2 Å². The molecule has 4 saturated carbocycles. The highest BCUT2D eigenvalue weighted by Gasteiger charge is 2.55. The van der Waals surface area contributed by atoms with Gasteiger partial charge in [0.15, 0.2) is 9.84 Å². The van der Waals surface area contributed by atoms with E-state index in [0.717, 1.165) is 75.4 Å². The van der Waals surface area contributed by atoms with Crippen LogP contribution in [0.4, 0.5) is 11.5 Å². The van der Waals surface area contributed by atoms with E-state index in [1.54, 1.807) is 12.1 Å². The molecule has 4 aliphatic carbocycles. The molecular formula is C28H36N4O4S. The number of carbonyl (C=O) groups excluding carboxylic acids is 1. The van der Waals surface area contributed by atoms with Crippen LogP contribution in [0.2, 0.25) is 0 Å². The predicted molar refractivity (Wildman–Crippen MR) is 143 cm³/mol. The number of benzene rings is 1. The van der Waals surface area contributed by atoms with Gasteiger partial charge in [-0.1, -0.05) is 6.07 Å². The molecule has 0 radical (unpaired) electrons. The molecule has 9 heteroatoms. The lowest BCUT2D eigenvalue weighted by Gasteiger charge is -2.58. The number of hydrogen-bond acceptors (Lipinski definition) is 7. The van der Waals surface area contributed by atoms with Gasteiger partial charge in [0.1, 0.15) is 11.5 Å². The number of hydrogen-bond donors (Lipinski definition) is 2. The molecule has 198 valence electrons. The molecule has 1 amide bonds. The summed E-state index contributed by atoms with van der Waals surface area (Å²) in [6.45, 7) is 5.12. The normalized spacial score (nSPS) is 31.0. The number of aryl methyl sites for hydroxylation is 1. The van der Waals surface area contributed by atoms with Crippen LogP contribution in [0, 0.1) is 24.7 Å². The highest BCUT2D eigenvalue weighted by molar-refractivity contribution is 7.90. The van der Waals surface area contributed by atoms with Crippen LogP contribution >= 0.6 is 0 Å². The van der Waals surface area contributed by atoms with Crippen molar-refractivity contribution in [1.29, 1.82) is 0 Å². The Balaban J connectivity index is 1.11. The second kappa shape index (κ2) is 8.98. The van der Waals surface area contributed by atoms with E-state index < -0.39 is 15.4 Å². The molecule has 2 atom stereocenters. The molecule has 2 unspecified atom stereocenters. The molecule has 1 aromatic heterocycles. The Bertz CT molecular complexity index is 1290. The first-order valence-electron chi connectivity index (χ1n) is 13.4. The Hall–Kier alpha value is -2.65. The minimum absolute atomic E-state index is 0.115. The molecule has 0 spiro atoms. The molecule has 2 aromatic rings. The van der Waals surface area contributed by atoms with E-state index in [9.17, 15) is 18.3 Å². The Labute approximate surface area is 219 Å². The summed E-state index contributed by atoms with van der Waals surface area (Å²) in [7, 11) is -3.21. The summed E-state index contributed by atoms with van der Waals surface area (Å²) >= 11 is 0. The summed E-state index contributed by atoms with van der Waals surface area (Å²) in [6.07, 6.45) is 5.98. The SMILES string of the molecule is Cc1ccc(C(=O)NC2C3CC4CC2CC(O)(C4)C3)nc1N1CCN(c2ccc(S(C)(=O)=O)cc2)CC1. The van der Waals surface area contributed by atoms with Gasteiger partial charge in [0.25, 0.3) is 5.91 Å². The van der Waals surface area contributed by atoms with Crippen molar-refractivity contribution in [3.05, 3.63) is 47.7 Å². The number of carbonyl (C=O) groups is 1. The zero-order valence-corrected chi connectivity index (χ0v) is 22.4. The lowest BCUT2D eigenvalue weighted by atomic mass is 9.52. The Morgan fingerprint density at radius 2 is 1.59 bits per heavy atom. The van der Waals surface area contributed by atoms with Gasteiger partial charge in [-0.3, -0.25) is 4.79 Å². The van der Waals surface area contributed by atoms with Crippen LogP contribution in [-0.4, -0.2) is 68.5 Å². The maximum absolute atomic E-state index is 13.3. The van der Waals surface area contributed by atoms with Gasteiger partial charge in [-0.2, -0.15) is 0 Å². The summed E-state index contributed by atoms with van der Waals surface area (Å²) in [4.78, 5) is 22.9. The first-order valence-corrected chi connectivity index (χ1v) is 15.3. The fourth-order valence-electron chi connectivity index (χ4n) is 7.49. The van der Waals surface area contributed by atoms with Gasteiger partial charge in [-0.05, 0) is 92.7 Å². The molecule has 37 heavy (non-hydrogen) atoms. The maximum Gasteiger partial charge on any atom is 0.270 e. The minimum Gasteiger partial charge on any atom is -0.390 e. The molecule has 5 aliphatic rings.